The summed E-state index contributed by atoms with van der Waals surface area (Å²) in [5, 5.41) is 0. The molecule has 3 heteroatoms. The summed E-state index contributed by atoms with van der Waals surface area (Å²) in [6.07, 6.45) is 0.937. The zero-order chi connectivity index (χ0) is 8.97. The van der Waals surface area contributed by atoms with Crippen molar-refractivity contribution in [3.05, 3.63) is 29.8 Å². The van der Waals surface area contributed by atoms with E-state index in [0.717, 1.165) is 4.90 Å². The monoisotopic (exact) mass is 185 g/mol. The fraction of sp³-hybridized carbons (Fsp3) is 0.333. The van der Waals surface area contributed by atoms with Gasteiger partial charge in [0.1, 0.15) is 6.17 Å². The van der Waals surface area contributed by atoms with Gasteiger partial charge in [-0.25, -0.2) is 4.39 Å². The van der Waals surface area contributed by atoms with E-state index in [1.807, 2.05) is 24.5 Å². The molecule has 0 saturated carbocycles. The topological polar surface area (TPSA) is 26.0 Å². The van der Waals surface area contributed by atoms with Gasteiger partial charge in [0.2, 0.25) is 0 Å². The average Bonchev–Trinajstić information content (AvgIpc) is 2.17. The van der Waals surface area contributed by atoms with Gasteiger partial charge in [-0.2, -0.15) is 0 Å². The van der Waals surface area contributed by atoms with Crippen LogP contribution in [0.3, 0.4) is 0 Å². The molecule has 0 heterocycles. The maximum atomic E-state index is 13.0. The molecule has 0 fully saturated rings. The zero-order valence-electron chi connectivity index (χ0n) is 6.96. The summed E-state index contributed by atoms with van der Waals surface area (Å²) in [5.74, 6) is 0. The normalized spacial score (nSPS) is 12.9. The summed E-state index contributed by atoms with van der Waals surface area (Å²) in [4.78, 5) is 1.07. The molecule has 1 nitrogen and oxygen atoms in total. The molecule has 0 radical (unpaired) electrons. The lowest BCUT2D eigenvalue weighted by atomic mass is 10.1. The van der Waals surface area contributed by atoms with Crippen LogP contribution in [0.2, 0.25) is 0 Å². The van der Waals surface area contributed by atoms with Gasteiger partial charge >= 0.3 is 0 Å². The van der Waals surface area contributed by atoms with Crippen molar-refractivity contribution in [3.63, 3.8) is 0 Å². The van der Waals surface area contributed by atoms with Crippen LogP contribution in [0, 0.1) is 0 Å². The highest BCUT2D eigenvalue weighted by Crippen LogP contribution is 2.21. The Morgan fingerprint density at radius 1 is 1.58 bits per heavy atom. The molecule has 0 aromatic heterocycles. The van der Waals surface area contributed by atoms with Crippen LogP contribution in [0.5, 0.6) is 0 Å². The van der Waals surface area contributed by atoms with Gasteiger partial charge in [0, 0.05) is 11.4 Å². The van der Waals surface area contributed by atoms with Crippen LogP contribution in [0.25, 0.3) is 0 Å². The van der Waals surface area contributed by atoms with Crippen molar-refractivity contribution >= 4 is 11.8 Å². The molecule has 1 unspecified atom stereocenters. The third-order valence-corrected chi connectivity index (χ3v) is 2.39. The van der Waals surface area contributed by atoms with Crippen LogP contribution in [0.15, 0.2) is 29.2 Å². The highest BCUT2D eigenvalue weighted by Gasteiger charge is 2.06. The first-order valence-electron chi connectivity index (χ1n) is 3.76. The molecule has 0 aliphatic heterocycles. The summed E-state index contributed by atoms with van der Waals surface area (Å²) < 4.78 is 13.0. The van der Waals surface area contributed by atoms with E-state index >= 15 is 0 Å². The first kappa shape index (κ1) is 9.55. The van der Waals surface area contributed by atoms with Crippen molar-refractivity contribution < 1.29 is 4.39 Å². The molecule has 12 heavy (non-hydrogen) atoms. The molecular weight excluding hydrogens is 173 g/mol. The first-order chi connectivity index (χ1) is 5.77. The molecule has 0 aliphatic carbocycles. The Kier molecular flexibility index (Phi) is 3.56. The van der Waals surface area contributed by atoms with Gasteiger partial charge in [-0.05, 0) is 24.0 Å². The standard InChI is InChI=1S/C9H12FNS/c1-12-8-4-2-3-7(5-8)9(10)6-11/h2-5,9H,6,11H2,1H3. The van der Waals surface area contributed by atoms with Gasteiger partial charge in [0.15, 0.2) is 0 Å². The van der Waals surface area contributed by atoms with E-state index in [4.69, 9.17) is 5.73 Å². The van der Waals surface area contributed by atoms with Crippen molar-refractivity contribution in [3.8, 4) is 0 Å². The Labute approximate surface area is 76.2 Å². The number of thioether (sulfide) groups is 1. The maximum absolute atomic E-state index is 13.0. The molecule has 1 rings (SSSR count). The van der Waals surface area contributed by atoms with Gasteiger partial charge < -0.3 is 5.73 Å². The molecule has 0 saturated heterocycles. The lowest BCUT2D eigenvalue weighted by Gasteiger charge is -2.06. The van der Waals surface area contributed by atoms with Gasteiger partial charge in [0.25, 0.3) is 0 Å². The van der Waals surface area contributed by atoms with Crippen LogP contribution >= 0.6 is 11.8 Å². The highest BCUT2D eigenvalue weighted by atomic mass is 32.2. The fourth-order valence-electron chi connectivity index (χ4n) is 0.972. The molecule has 1 aromatic carbocycles. The van der Waals surface area contributed by atoms with Crippen molar-refractivity contribution in [2.24, 2.45) is 5.73 Å². The number of alkyl halides is 1. The Bertz CT molecular complexity index is 252. The zero-order valence-corrected chi connectivity index (χ0v) is 7.77. The molecular formula is C9H12FNS. The van der Waals surface area contributed by atoms with Crippen molar-refractivity contribution in [2.45, 2.75) is 11.1 Å². The number of rotatable bonds is 3. The lowest BCUT2D eigenvalue weighted by molar-refractivity contribution is 0.352. The SMILES string of the molecule is CSc1cccc(C(F)CN)c1. The van der Waals surface area contributed by atoms with Crippen LogP contribution in [-0.2, 0) is 0 Å². The summed E-state index contributed by atoms with van der Waals surface area (Å²) >= 11 is 1.60. The Balaban J connectivity index is 2.86. The number of hydrogen-bond donors (Lipinski definition) is 1. The van der Waals surface area contributed by atoms with E-state index < -0.39 is 6.17 Å². The number of benzene rings is 1. The Morgan fingerprint density at radius 2 is 2.33 bits per heavy atom. The third kappa shape index (κ3) is 2.22. The second-order valence-corrected chi connectivity index (χ2v) is 3.36. The summed E-state index contributed by atoms with van der Waals surface area (Å²) in [7, 11) is 0. The van der Waals surface area contributed by atoms with E-state index in [1.54, 1.807) is 17.8 Å². The molecule has 1 aromatic rings. The quantitative estimate of drug-likeness (QED) is 0.732. The van der Waals surface area contributed by atoms with Crippen LogP contribution in [-0.4, -0.2) is 12.8 Å². The third-order valence-electron chi connectivity index (χ3n) is 1.66. The second-order valence-electron chi connectivity index (χ2n) is 2.48. The van der Waals surface area contributed by atoms with E-state index in [9.17, 15) is 4.39 Å². The molecule has 1 atom stereocenters. The average molecular weight is 185 g/mol. The largest absolute Gasteiger partial charge is 0.327 e. The Morgan fingerprint density at radius 3 is 2.92 bits per heavy atom. The number of nitrogens with two attached hydrogens (primary N) is 1. The molecule has 0 aliphatic rings. The lowest BCUT2D eigenvalue weighted by Crippen LogP contribution is -2.07. The summed E-state index contributed by atoms with van der Waals surface area (Å²) in [6, 6.07) is 7.40. The predicted molar refractivity (Wildman–Crippen MR) is 51.1 cm³/mol. The fourth-order valence-corrected chi connectivity index (χ4v) is 1.44. The minimum Gasteiger partial charge on any atom is -0.327 e. The summed E-state index contributed by atoms with van der Waals surface area (Å²) in [5.41, 5.74) is 5.88. The smallest absolute Gasteiger partial charge is 0.137 e. The van der Waals surface area contributed by atoms with Gasteiger partial charge in [0.05, 0.1) is 0 Å². The Hall–Kier alpha value is -0.540. The van der Waals surface area contributed by atoms with Gasteiger partial charge in [-0.15, -0.1) is 11.8 Å². The second kappa shape index (κ2) is 4.48. The van der Waals surface area contributed by atoms with Crippen LogP contribution < -0.4 is 5.73 Å². The van der Waals surface area contributed by atoms with Gasteiger partial charge in [-0.3, -0.25) is 0 Å². The van der Waals surface area contributed by atoms with E-state index in [1.165, 1.54) is 0 Å². The maximum Gasteiger partial charge on any atom is 0.137 e. The first-order valence-corrected chi connectivity index (χ1v) is 4.98. The minimum absolute atomic E-state index is 0.0534. The van der Waals surface area contributed by atoms with Crippen molar-refractivity contribution in [1.29, 1.82) is 0 Å². The van der Waals surface area contributed by atoms with Crippen LogP contribution in [0.1, 0.15) is 11.7 Å². The molecule has 0 spiro atoms. The van der Waals surface area contributed by atoms with E-state index in [-0.39, 0.29) is 6.54 Å². The van der Waals surface area contributed by atoms with Crippen molar-refractivity contribution in [2.75, 3.05) is 12.8 Å². The van der Waals surface area contributed by atoms with Gasteiger partial charge in [-0.1, -0.05) is 12.1 Å². The van der Waals surface area contributed by atoms with E-state index in [2.05, 4.69) is 0 Å². The van der Waals surface area contributed by atoms with E-state index in [0.29, 0.717) is 5.56 Å². The molecule has 2 N–H and O–H groups in total. The van der Waals surface area contributed by atoms with Crippen molar-refractivity contribution in [1.82, 2.24) is 0 Å². The molecule has 66 valence electrons. The number of hydrogen-bond acceptors (Lipinski definition) is 2. The summed E-state index contributed by atoms with van der Waals surface area (Å²) in [6.45, 7) is 0.0534. The molecule has 0 amide bonds. The number of halogens is 1. The molecule has 0 bridgehead atoms. The van der Waals surface area contributed by atoms with Crippen LogP contribution in [0.4, 0.5) is 4.39 Å². The minimum atomic E-state index is -1.03. The predicted octanol–water partition coefficient (Wildman–Crippen LogP) is 2.38. The highest BCUT2D eigenvalue weighted by molar-refractivity contribution is 7.98.